The van der Waals surface area contributed by atoms with Crippen molar-refractivity contribution < 1.29 is 13.2 Å². The SMILES string of the molecule is NC(c1ccc(F)cc1F)c1ccoc1Cl. The number of rotatable bonds is 2. The van der Waals surface area contributed by atoms with E-state index in [0.717, 1.165) is 12.1 Å². The molecule has 84 valence electrons. The third-order valence-corrected chi connectivity index (χ3v) is 2.59. The molecule has 1 unspecified atom stereocenters. The maximum absolute atomic E-state index is 13.4. The molecule has 0 spiro atoms. The van der Waals surface area contributed by atoms with E-state index in [9.17, 15) is 8.78 Å². The third kappa shape index (κ3) is 1.94. The molecule has 0 radical (unpaired) electrons. The molecule has 2 rings (SSSR count). The lowest BCUT2D eigenvalue weighted by Gasteiger charge is -2.11. The zero-order chi connectivity index (χ0) is 11.7. The molecule has 2 aromatic rings. The maximum Gasteiger partial charge on any atom is 0.198 e. The Balaban J connectivity index is 2.41. The van der Waals surface area contributed by atoms with Gasteiger partial charge >= 0.3 is 0 Å². The largest absolute Gasteiger partial charge is 0.453 e. The molecule has 0 saturated heterocycles. The van der Waals surface area contributed by atoms with E-state index in [-0.39, 0.29) is 10.8 Å². The normalized spacial score (nSPS) is 12.8. The van der Waals surface area contributed by atoms with Gasteiger partial charge in [-0.3, -0.25) is 0 Å². The lowest BCUT2D eigenvalue weighted by atomic mass is 10.0. The summed E-state index contributed by atoms with van der Waals surface area (Å²) in [7, 11) is 0. The minimum absolute atomic E-state index is 0.108. The number of furan rings is 1. The molecule has 0 aliphatic heterocycles. The Bertz CT molecular complexity index is 512. The number of halogens is 3. The molecule has 2 nitrogen and oxygen atoms in total. The van der Waals surface area contributed by atoms with Gasteiger partial charge in [0, 0.05) is 17.2 Å². The van der Waals surface area contributed by atoms with Gasteiger partial charge in [-0.05, 0) is 23.7 Å². The van der Waals surface area contributed by atoms with Crippen LogP contribution in [0.5, 0.6) is 0 Å². The Morgan fingerprint density at radius 3 is 2.50 bits per heavy atom. The molecule has 0 aliphatic rings. The van der Waals surface area contributed by atoms with Crippen LogP contribution in [-0.2, 0) is 0 Å². The molecule has 0 amide bonds. The van der Waals surface area contributed by atoms with Gasteiger partial charge in [-0.15, -0.1) is 0 Å². The highest BCUT2D eigenvalue weighted by Crippen LogP contribution is 2.28. The van der Waals surface area contributed by atoms with Gasteiger partial charge in [0.15, 0.2) is 5.22 Å². The molecule has 0 aliphatic carbocycles. The van der Waals surface area contributed by atoms with E-state index in [1.54, 1.807) is 6.07 Å². The fourth-order valence-corrected chi connectivity index (χ4v) is 1.68. The number of hydrogen-bond donors (Lipinski definition) is 1. The van der Waals surface area contributed by atoms with Crippen LogP contribution in [0.2, 0.25) is 5.22 Å². The van der Waals surface area contributed by atoms with Gasteiger partial charge in [0.1, 0.15) is 11.6 Å². The summed E-state index contributed by atoms with van der Waals surface area (Å²) in [4.78, 5) is 0. The van der Waals surface area contributed by atoms with Crippen molar-refractivity contribution in [2.24, 2.45) is 5.73 Å². The van der Waals surface area contributed by atoms with Gasteiger partial charge in [-0.2, -0.15) is 0 Å². The van der Waals surface area contributed by atoms with Crippen molar-refractivity contribution in [1.29, 1.82) is 0 Å². The van der Waals surface area contributed by atoms with Crippen LogP contribution in [0, 0.1) is 11.6 Å². The molecule has 5 heteroatoms. The monoisotopic (exact) mass is 243 g/mol. The highest BCUT2D eigenvalue weighted by Gasteiger charge is 2.18. The van der Waals surface area contributed by atoms with Crippen molar-refractivity contribution >= 4 is 11.6 Å². The van der Waals surface area contributed by atoms with Gasteiger partial charge in [0.05, 0.1) is 12.3 Å². The second-order valence-electron chi connectivity index (χ2n) is 3.29. The molecule has 16 heavy (non-hydrogen) atoms. The summed E-state index contributed by atoms with van der Waals surface area (Å²) in [5, 5.41) is 0.108. The lowest BCUT2D eigenvalue weighted by molar-refractivity contribution is 0.555. The van der Waals surface area contributed by atoms with Crippen molar-refractivity contribution in [3.63, 3.8) is 0 Å². The smallest absolute Gasteiger partial charge is 0.198 e. The minimum Gasteiger partial charge on any atom is -0.453 e. The average Bonchev–Trinajstić information content (AvgIpc) is 2.63. The van der Waals surface area contributed by atoms with Crippen molar-refractivity contribution in [3.05, 3.63) is 58.5 Å². The summed E-state index contributed by atoms with van der Waals surface area (Å²) >= 11 is 5.72. The Hall–Kier alpha value is -1.39. The first-order valence-corrected chi connectivity index (χ1v) is 4.91. The van der Waals surface area contributed by atoms with Gasteiger partial charge in [-0.25, -0.2) is 8.78 Å². The molecule has 1 aromatic heterocycles. The first kappa shape index (κ1) is 11.1. The van der Waals surface area contributed by atoms with Crippen molar-refractivity contribution in [2.75, 3.05) is 0 Å². The second-order valence-corrected chi connectivity index (χ2v) is 3.64. The molecule has 1 heterocycles. The molecular weight excluding hydrogens is 236 g/mol. The van der Waals surface area contributed by atoms with Crippen LogP contribution in [0.1, 0.15) is 17.2 Å². The second kappa shape index (κ2) is 4.23. The number of hydrogen-bond acceptors (Lipinski definition) is 2. The standard InChI is InChI=1S/C11H8ClF2NO/c12-11-8(3-4-16-11)10(15)7-2-1-6(13)5-9(7)14/h1-5,10H,15H2. The maximum atomic E-state index is 13.4. The molecule has 2 N–H and O–H groups in total. The summed E-state index contributed by atoms with van der Waals surface area (Å²) in [5.41, 5.74) is 6.44. The predicted octanol–water partition coefficient (Wildman–Crippen LogP) is 3.26. The zero-order valence-electron chi connectivity index (χ0n) is 8.08. The minimum atomic E-state index is -0.771. The van der Waals surface area contributed by atoms with E-state index < -0.39 is 17.7 Å². The van der Waals surface area contributed by atoms with Crippen LogP contribution in [0.3, 0.4) is 0 Å². The van der Waals surface area contributed by atoms with Crippen molar-refractivity contribution in [3.8, 4) is 0 Å². The van der Waals surface area contributed by atoms with Gasteiger partial charge in [0.25, 0.3) is 0 Å². The first-order chi connectivity index (χ1) is 7.59. The molecular formula is C11H8ClF2NO. The highest BCUT2D eigenvalue weighted by molar-refractivity contribution is 6.29. The summed E-state index contributed by atoms with van der Waals surface area (Å²) in [6.45, 7) is 0. The van der Waals surface area contributed by atoms with E-state index in [0.29, 0.717) is 5.56 Å². The Morgan fingerprint density at radius 2 is 1.94 bits per heavy atom. The van der Waals surface area contributed by atoms with Crippen LogP contribution in [-0.4, -0.2) is 0 Å². The Morgan fingerprint density at radius 1 is 1.19 bits per heavy atom. The van der Waals surface area contributed by atoms with Crippen LogP contribution in [0.15, 0.2) is 34.9 Å². The Labute approximate surface area is 95.6 Å². The van der Waals surface area contributed by atoms with E-state index in [2.05, 4.69) is 0 Å². The van der Waals surface area contributed by atoms with Gasteiger partial charge in [0.2, 0.25) is 0 Å². The Kier molecular flexibility index (Phi) is 2.94. The van der Waals surface area contributed by atoms with Crippen LogP contribution < -0.4 is 5.73 Å². The molecule has 1 aromatic carbocycles. The summed E-state index contributed by atoms with van der Waals surface area (Å²) in [5.74, 6) is -1.35. The van der Waals surface area contributed by atoms with E-state index in [4.69, 9.17) is 21.8 Å². The van der Waals surface area contributed by atoms with Gasteiger partial charge in [-0.1, -0.05) is 6.07 Å². The topological polar surface area (TPSA) is 39.2 Å². The number of benzene rings is 1. The average molecular weight is 244 g/mol. The van der Waals surface area contributed by atoms with Crippen LogP contribution >= 0.6 is 11.6 Å². The van der Waals surface area contributed by atoms with Gasteiger partial charge < -0.3 is 10.2 Å². The molecule has 0 fully saturated rings. The van der Waals surface area contributed by atoms with E-state index in [1.807, 2.05) is 0 Å². The van der Waals surface area contributed by atoms with Crippen molar-refractivity contribution in [1.82, 2.24) is 0 Å². The van der Waals surface area contributed by atoms with Crippen LogP contribution in [0.25, 0.3) is 0 Å². The fourth-order valence-electron chi connectivity index (χ4n) is 1.45. The predicted molar refractivity (Wildman–Crippen MR) is 56.1 cm³/mol. The third-order valence-electron chi connectivity index (χ3n) is 2.28. The zero-order valence-corrected chi connectivity index (χ0v) is 8.84. The van der Waals surface area contributed by atoms with Crippen LogP contribution in [0.4, 0.5) is 8.78 Å². The quantitative estimate of drug-likeness (QED) is 0.879. The lowest BCUT2D eigenvalue weighted by Crippen LogP contribution is -2.13. The summed E-state index contributed by atoms with van der Waals surface area (Å²) in [6, 6.07) is 4.00. The van der Waals surface area contributed by atoms with Crippen molar-refractivity contribution in [2.45, 2.75) is 6.04 Å². The fraction of sp³-hybridized carbons (Fsp3) is 0.0909. The summed E-state index contributed by atoms with van der Waals surface area (Å²) < 4.78 is 31.0. The molecule has 1 atom stereocenters. The first-order valence-electron chi connectivity index (χ1n) is 4.53. The summed E-state index contributed by atoms with van der Waals surface area (Å²) in [6.07, 6.45) is 1.36. The number of nitrogens with two attached hydrogens (primary N) is 1. The molecule has 0 bridgehead atoms. The highest BCUT2D eigenvalue weighted by atomic mass is 35.5. The molecule has 0 saturated carbocycles. The van der Waals surface area contributed by atoms with E-state index >= 15 is 0 Å². The van der Waals surface area contributed by atoms with E-state index in [1.165, 1.54) is 12.3 Å².